The van der Waals surface area contributed by atoms with Gasteiger partial charge in [-0.05, 0) is 59.3 Å². The second-order valence-corrected chi connectivity index (χ2v) is 10.7. The first-order valence-corrected chi connectivity index (χ1v) is 15.0. The number of aliphatic hydroxyl groups is 1. The molecule has 1 aliphatic heterocycles. The Morgan fingerprint density at radius 1 is 0.956 bits per heavy atom. The highest BCUT2D eigenvalue weighted by Crippen LogP contribution is 2.43. The molecule has 1 heterocycles. The molecule has 0 saturated carbocycles. The molecule has 0 bridgehead atoms. The summed E-state index contributed by atoms with van der Waals surface area (Å²) in [5, 5.41) is 12.9. The van der Waals surface area contributed by atoms with E-state index in [4.69, 9.17) is 19.6 Å². The van der Waals surface area contributed by atoms with Crippen molar-refractivity contribution < 1.29 is 19.4 Å². The maximum atomic E-state index is 14.3. The van der Waals surface area contributed by atoms with Crippen LogP contribution < -0.4 is 15.6 Å². The van der Waals surface area contributed by atoms with Gasteiger partial charge in [-0.15, -0.1) is 0 Å². The van der Waals surface area contributed by atoms with Gasteiger partial charge >= 0.3 is 0 Å². The molecule has 0 saturated heterocycles. The van der Waals surface area contributed by atoms with Gasteiger partial charge in [0.05, 0.1) is 6.61 Å². The summed E-state index contributed by atoms with van der Waals surface area (Å²) in [5.74, 6) is 0.592. The van der Waals surface area contributed by atoms with Gasteiger partial charge in [0.1, 0.15) is 5.75 Å². The maximum Gasteiger partial charge on any atom is 0.266 e. The van der Waals surface area contributed by atoms with Crippen molar-refractivity contribution in [2.45, 2.75) is 37.3 Å². The molecule has 0 radical (unpaired) electrons. The number of aryl methyl sites for hydroxylation is 1. The van der Waals surface area contributed by atoms with Crippen LogP contribution in [0.15, 0.2) is 119 Å². The molecule has 0 fully saturated rings. The molecule has 5 rings (SSSR count). The highest BCUT2D eigenvalue weighted by molar-refractivity contribution is 6.01. The number of benzene rings is 4. The molecule has 1 aliphatic rings. The monoisotopic (exact) mass is 604 g/mol. The predicted octanol–water partition coefficient (Wildman–Crippen LogP) is 6.14. The van der Waals surface area contributed by atoms with Crippen LogP contribution in [0.4, 0.5) is 5.69 Å². The van der Waals surface area contributed by atoms with Gasteiger partial charge in [-0.25, -0.2) is 10.4 Å². The summed E-state index contributed by atoms with van der Waals surface area (Å²) in [5.41, 5.74) is 17.6. The van der Waals surface area contributed by atoms with E-state index in [-0.39, 0.29) is 18.9 Å². The number of carbonyl (C=O) groups excluding carboxylic acids is 1. The number of ether oxygens (including phenoxy) is 2. The Morgan fingerprint density at radius 2 is 1.67 bits per heavy atom. The highest BCUT2D eigenvalue weighted by atomic mass is 16.5. The second-order valence-electron chi connectivity index (χ2n) is 10.7. The minimum Gasteiger partial charge on any atom is -0.494 e. The Hall–Kier alpha value is -5.15. The van der Waals surface area contributed by atoms with E-state index in [1.165, 1.54) is 5.56 Å². The maximum absolute atomic E-state index is 14.3. The summed E-state index contributed by atoms with van der Waals surface area (Å²) in [6.07, 6.45) is 1.55. The molecule has 4 aromatic rings. The van der Waals surface area contributed by atoms with Crippen molar-refractivity contribution in [1.29, 1.82) is 0 Å². The number of hydrazine groups is 1. The molecule has 10 heteroatoms. The third-order valence-electron chi connectivity index (χ3n) is 7.55. The van der Waals surface area contributed by atoms with Crippen molar-refractivity contribution >= 4 is 17.5 Å². The highest BCUT2D eigenvalue weighted by Gasteiger charge is 2.53. The zero-order chi connectivity index (χ0) is 31.3. The SMILES string of the molecule is [N-]=[N+]=Nc1ccccc1C[C@]1(C(=O)NNCCCc2ccccc2)N=C(c2ccc(OCCCO)cc2)O[C@H]1c1ccccc1. The van der Waals surface area contributed by atoms with Crippen molar-refractivity contribution in [2.24, 2.45) is 10.1 Å². The lowest BCUT2D eigenvalue weighted by atomic mass is 9.81. The summed E-state index contributed by atoms with van der Waals surface area (Å²) >= 11 is 0. The zero-order valence-electron chi connectivity index (χ0n) is 24.9. The third-order valence-corrected chi connectivity index (χ3v) is 7.55. The smallest absolute Gasteiger partial charge is 0.266 e. The molecular formula is C35H36N6O4. The average molecular weight is 605 g/mol. The fourth-order valence-corrected chi connectivity index (χ4v) is 5.28. The number of aliphatic imine (C=N–C) groups is 1. The minimum atomic E-state index is -1.44. The lowest BCUT2D eigenvalue weighted by Crippen LogP contribution is -2.54. The van der Waals surface area contributed by atoms with Crippen LogP contribution in [-0.4, -0.2) is 42.2 Å². The van der Waals surface area contributed by atoms with E-state index in [9.17, 15) is 10.3 Å². The molecule has 4 aromatic carbocycles. The summed E-state index contributed by atoms with van der Waals surface area (Å²) in [6, 6.07) is 34.2. The van der Waals surface area contributed by atoms with Crippen molar-refractivity contribution in [3.63, 3.8) is 0 Å². The number of nitrogens with zero attached hydrogens (tertiary/aromatic N) is 4. The average Bonchev–Trinajstić information content (AvgIpc) is 3.47. The Kier molecular flexibility index (Phi) is 10.8. The molecule has 0 spiro atoms. The standard InChI is InChI=1S/C35H36N6O4/c36-41-39-31-17-8-7-16-29(31)25-35(34(43)40-37-22-9-13-26-11-3-1-4-12-26)32(27-14-5-2-6-15-27)45-33(38-35)28-18-20-30(21-19-28)44-24-10-23-42/h1-8,11-12,14-21,32,37,42H,9-10,13,22-25H2,(H,40,43)/t32-,35-/m0/s1. The van der Waals surface area contributed by atoms with E-state index in [0.29, 0.717) is 48.0 Å². The van der Waals surface area contributed by atoms with E-state index in [2.05, 4.69) is 33.0 Å². The van der Waals surface area contributed by atoms with Gasteiger partial charge < -0.3 is 14.6 Å². The molecule has 2 atom stereocenters. The first kappa shape index (κ1) is 31.3. The van der Waals surface area contributed by atoms with Gasteiger partial charge in [0.15, 0.2) is 11.6 Å². The predicted molar refractivity (Wildman–Crippen MR) is 173 cm³/mol. The fourth-order valence-electron chi connectivity index (χ4n) is 5.28. The van der Waals surface area contributed by atoms with E-state index in [1.807, 2.05) is 72.8 Å². The van der Waals surface area contributed by atoms with Crippen LogP contribution in [0.5, 0.6) is 5.75 Å². The number of carbonyl (C=O) groups is 1. The van der Waals surface area contributed by atoms with Crippen LogP contribution in [0.2, 0.25) is 0 Å². The van der Waals surface area contributed by atoms with E-state index in [0.717, 1.165) is 18.4 Å². The Balaban J connectivity index is 1.47. The normalized spacial score (nSPS) is 17.1. The van der Waals surface area contributed by atoms with Crippen molar-refractivity contribution in [1.82, 2.24) is 10.9 Å². The lowest BCUT2D eigenvalue weighted by molar-refractivity contribution is -0.130. The summed E-state index contributed by atoms with van der Waals surface area (Å²) < 4.78 is 12.2. The number of azide groups is 1. The molecule has 45 heavy (non-hydrogen) atoms. The summed E-state index contributed by atoms with van der Waals surface area (Å²) in [6.45, 7) is 1.01. The summed E-state index contributed by atoms with van der Waals surface area (Å²) in [4.78, 5) is 22.4. The van der Waals surface area contributed by atoms with Crippen LogP contribution >= 0.6 is 0 Å². The van der Waals surface area contributed by atoms with Crippen LogP contribution in [0, 0.1) is 0 Å². The molecule has 1 amide bonds. The van der Waals surface area contributed by atoms with Crippen LogP contribution in [0.3, 0.4) is 0 Å². The third kappa shape index (κ3) is 7.87. The van der Waals surface area contributed by atoms with E-state index < -0.39 is 11.6 Å². The lowest BCUT2D eigenvalue weighted by Gasteiger charge is -2.31. The molecule has 0 unspecified atom stereocenters. The number of hydrogen-bond donors (Lipinski definition) is 3. The Morgan fingerprint density at radius 3 is 2.40 bits per heavy atom. The van der Waals surface area contributed by atoms with Gasteiger partial charge in [-0.1, -0.05) is 90.0 Å². The quantitative estimate of drug-likeness (QED) is 0.0491. The Labute approximate surface area is 262 Å². The van der Waals surface area contributed by atoms with Crippen LogP contribution in [-0.2, 0) is 22.4 Å². The minimum absolute atomic E-state index is 0.0540. The van der Waals surface area contributed by atoms with Gasteiger partial charge in [-0.3, -0.25) is 10.2 Å². The van der Waals surface area contributed by atoms with Crippen molar-refractivity contribution in [2.75, 3.05) is 19.8 Å². The number of hydrogen-bond acceptors (Lipinski definition) is 7. The fraction of sp³-hybridized carbons (Fsp3) is 0.257. The van der Waals surface area contributed by atoms with Gasteiger partial charge in [0.2, 0.25) is 5.90 Å². The number of amides is 1. The van der Waals surface area contributed by atoms with E-state index in [1.54, 1.807) is 24.3 Å². The van der Waals surface area contributed by atoms with Crippen LogP contribution in [0.25, 0.3) is 10.4 Å². The summed E-state index contributed by atoms with van der Waals surface area (Å²) in [7, 11) is 0. The zero-order valence-corrected chi connectivity index (χ0v) is 24.9. The molecular weight excluding hydrogens is 568 g/mol. The molecule has 0 aliphatic carbocycles. The van der Waals surface area contributed by atoms with Crippen LogP contribution in [0.1, 0.15) is 41.2 Å². The molecule has 3 N–H and O–H groups in total. The molecule has 10 nitrogen and oxygen atoms in total. The topological polar surface area (TPSA) is 141 Å². The first-order valence-electron chi connectivity index (χ1n) is 15.0. The molecule has 230 valence electrons. The first-order chi connectivity index (χ1) is 22.1. The largest absolute Gasteiger partial charge is 0.494 e. The van der Waals surface area contributed by atoms with Gasteiger partial charge in [-0.2, -0.15) is 0 Å². The number of nitrogens with one attached hydrogen (secondary N) is 2. The van der Waals surface area contributed by atoms with Gasteiger partial charge in [0, 0.05) is 42.2 Å². The molecule has 0 aromatic heterocycles. The van der Waals surface area contributed by atoms with E-state index >= 15 is 0 Å². The Bertz CT molecular complexity index is 1630. The number of aliphatic hydroxyl groups excluding tert-OH is 1. The van der Waals surface area contributed by atoms with Gasteiger partial charge in [0.25, 0.3) is 5.91 Å². The number of rotatable bonds is 15. The second kappa shape index (κ2) is 15.5. The van der Waals surface area contributed by atoms with Crippen molar-refractivity contribution in [3.8, 4) is 5.75 Å². The van der Waals surface area contributed by atoms with Crippen molar-refractivity contribution in [3.05, 3.63) is 142 Å².